The van der Waals surface area contributed by atoms with Gasteiger partial charge in [-0.15, -0.1) is 16.3 Å². The maximum Gasteiger partial charge on any atom is 0.305 e. The summed E-state index contributed by atoms with van der Waals surface area (Å²) < 4.78 is 16.5. The number of morpholine rings is 1. The molecule has 4 rings (SSSR count). The van der Waals surface area contributed by atoms with E-state index in [1.807, 2.05) is 34.7 Å². The lowest BCUT2D eigenvalue weighted by Crippen LogP contribution is -2.62. The van der Waals surface area contributed by atoms with Crippen LogP contribution in [0.2, 0.25) is 0 Å². The second kappa shape index (κ2) is 9.25. The van der Waals surface area contributed by atoms with Crippen LogP contribution in [-0.4, -0.2) is 55.3 Å². The van der Waals surface area contributed by atoms with Crippen LogP contribution in [0.25, 0.3) is 11.3 Å². The zero-order chi connectivity index (χ0) is 20.1. The van der Waals surface area contributed by atoms with E-state index in [1.54, 1.807) is 18.1 Å². The van der Waals surface area contributed by atoms with Crippen molar-refractivity contribution in [2.24, 2.45) is 0 Å². The van der Waals surface area contributed by atoms with Crippen LogP contribution < -0.4 is 19.9 Å². The van der Waals surface area contributed by atoms with Gasteiger partial charge in [-0.1, -0.05) is 11.8 Å². The molecule has 3 aromatic rings. The summed E-state index contributed by atoms with van der Waals surface area (Å²) in [7, 11) is 1.64. The van der Waals surface area contributed by atoms with Crippen molar-refractivity contribution in [2.45, 2.75) is 4.34 Å². The molecule has 1 N–H and O–H groups in total. The Labute approximate surface area is 175 Å². The van der Waals surface area contributed by atoms with Crippen molar-refractivity contribution in [3.63, 3.8) is 0 Å². The Morgan fingerprint density at radius 2 is 2.14 bits per heavy atom. The van der Waals surface area contributed by atoms with E-state index in [9.17, 15) is 4.79 Å². The number of amides is 1. The third kappa shape index (κ3) is 5.05. The molecule has 1 saturated heterocycles. The monoisotopic (exact) mass is 434 g/mol. The first-order valence-electron chi connectivity index (χ1n) is 8.95. The predicted octanol–water partition coefficient (Wildman–Crippen LogP) is 1.79. The highest BCUT2D eigenvalue weighted by Crippen LogP contribution is 2.29. The molecule has 0 radical (unpaired) electrons. The predicted molar refractivity (Wildman–Crippen MR) is 109 cm³/mol. The smallest absolute Gasteiger partial charge is 0.305 e. The average Bonchev–Trinajstić information content (AvgIpc) is 3.43. The van der Waals surface area contributed by atoms with Gasteiger partial charge in [0.15, 0.2) is 4.34 Å². The fourth-order valence-electron chi connectivity index (χ4n) is 2.70. The van der Waals surface area contributed by atoms with E-state index >= 15 is 0 Å². The van der Waals surface area contributed by atoms with Gasteiger partial charge in [-0.2, -0.15) is 0 Å². The minimum Gasteiger partial charge on any atom is -0.497 e. The minimum absolute atomic E-state index is 0.179. The Hall–Kier alpha value is -2.63. The van der Waals surface area contributed by atoms with Crippen LogP contribution in [0.4, 0.5) is 5.88 Å². The molecular formula is C18H20N5O4S2+. The number of nitrogens with one attached hydrogen (secondary N) is 1. The number of aromatic nitrogens is 3. The van der Waals surface area contributed by atoms with Crippen LogP contribution in [0, 0.1) is 0 Å². The summed E-state index contributed by atoms with van der Waals surface area (Å²) in [6, 6.07) is 7.72. The highest BCUT2D eigenvalue weighted by molar-refractivity contribution is 8.01. The number of hydrogen-bond donors (Lipinski definition) is 1. The molecular weight excluding hydrogens is 414 g/mol. The third-order valence-corrected chi connectivity index (χ3v) is 6.21. The number of ether oxygens (including phenoxy) is 2. The van der Waals surface area contributed by atoms with Crippen LogP contribution in [-0.2, 0) is 9.53 Å². The molecule has 2 aromatic heterocycles. The van der Waals surface area contributed by atoms with Crippen LogP contribution in [0.5, 0.6) is 5.75 Å². The standard InChI is InChI=1S/C18H19N5O4S2/c1-25-14-4-2-13(3-5-14)15-11-28-18(19-15)29-12-16(24)20-17-10-23(21-27-17)22-6-8-26-9-7-22/h2-5,10-11H,6-9,12H2,1H3/p+1. The topological polar surface area (TPSA) is 93.6 Å². The van der Waals surface area contributed by atoms with Gasteiger partial charge in [0, 0.05) is 10.9 Å². The van der Waals surface area contributed by atoms with Crippen LogP contribution in [0.3, 0.4) is 0 Å². The van der Waals surface area contributed by atoms with Crippen molar-refractivity contribution >= 4 is 34.9 Å². The van der Waals surface area contributed by atoms with Gasteiger partial charge in [0.25, 0.3) is 6.20 Å². The number of hydrogen-bond acceptors (Lipinski definition) is 9. The molecule has 29 heavy (non-hydrogen) atoms. The van der Waals surface area contributed by atoms with Crippen LogP contribution >= 0.6 is 23.1 Å². The number of carbonyl (C=O) groups excluding carboxylic acids is 1. The molecule has 1 aliphatic rings. The number of carbonyl (C=O) groups is 1. The van der Waals surface area contributed by atoms with Gasteiger partial charge in [-0.05, 0) is 24.3 Å². The first-order chi connectivity index (χ1) is 14.2. The Bertz CT molecular complexity index is 953. The van der Waals surface area contributed by atoms with Crippen molar-refractivity contribution in [1.82, 2.24) is 10.3 Å². The minimum atomic E-state index is -0.179. The Kier molecular flexibility index (Phi) is 6.27. The second-order valence-corrected chi connectivity index (χ2v) is 8.20. The van der Waals surface area contributed by atoms with Crippen molar-refractivity contribution in [3.8, 4) is 17.0 Å². The molecule has 0 atom stereocenters. The number of benzene rings is 1. The lowest BCUT2D eigenvalue weighted by molar-refractivity contribution is -0.759. The fourth-order valence-corrected chi connectivity index (χ4v) is 4.34. The fraction of sp³-hybridized carbons (Fsp3) is 0.333. The summed E-state index contributed by atoms with van der Waals surface area (Å²) in [4.78, 5) is 18.4. The van der Waals surface area contributed by atoms with Gasteiger partial charge < -0.3 is 9.47 Å². The number of rotatable bonds is 7. The lowest BCUT2D eigenvalue weighted by Gasteiger charge is -2.18. The van der Waals surface area contributed by atoms with E-state index < -0.39 is 0 Å². The quantitative estimate of drug-likeness (QED) is 0.444. The van der Waals surface area contributed by atoms with Crippen molar-refractivity contribution in [3.05, 3.63) is 35.8 Å². The van der Waals surface area contributed by atoms with E-state index in [1.165, 1.54) is 23.1 Å². The molecule has 11 heteroatoms. The Morgan fingerprint density at radius 3 is 2.90 bits per heavy atom. The number of nitrogens with zero attached hydrogens (tertiary/aromatic N) is 4. The molecule has 0 aliphatic carbocycles. The molecule has 1 fully saturated rings. The van der Waals surface area contributed by atoms with E-state index in [4.69, 9.17) is 14.0 Å². The maximum absolute atomic E-state index is 12.2. The van der Waals surface area contributed by atoms with E-state index in [2.05, 4.69) is 15.6 Å². The zero-order valence-corrected chi connectivity index (χ0v) is 17.4. The molecule has 0 unspecified atom stereocenters. The highest BCUT2D eigenvalue weighted by atomic mass is 32.2. The molecule has 9 nitrogen and oxygen atoms in total. The van der Waals surface area contributed by atoms with Gasteiger partial charge in [-0.25, -0.2) is 4.98 Å². The van der Waals surface area contributed by atoms with Crippen molar-refractivity contribution in [1.29, 1.82) is 0 Å². The molecule has 0 saturated carbocycles. The molecule has 0 bridgehead atoms. The van der Waals surface area contributed by atoms with Crippen LogP contribution in [0.1, 0.15) is 0 Å². The van der Waals surface area contributed by atoms with Gasteiger partial charge in [-0.3, -0.25) is 14.6 Å². The summed E-state index contributed by atoms with van der Waals surface area (Å²) in [5, 5.41) is 10.6. The van der Waals surface area contributed by atoms with Gasteiger partial charge in [0.2, 0.25) is 11.2 Å². The SMILES string of the molecule is COc1ccc(-c2csc(SCC(=O)Nc3c[n+](N4CCOCC4)no3)n2)cc1. The first-order valence-corrected chi connectivity index (χ1v) is 10.8. The number of thiazole rings is 1. The largest absolute Gasteiger partial charge is 0.497 e. The summed E-state index contributed by atoms with van der Waals surface area (Å²) in [5.41, 5.74) is 1.88. The van der Waals surface area contributed by atoms with Crippen molar-refractivity contribution < 1.29 is 23.6 Å². The van der Waals surface area contributed by atoms with Gasteiger partial charge in [0.05, 0.1) is 49.7 Å². The summed E-state index contributed by atoms with van der Waals surface area (Å²) >= 11 is 2.89. The van der Waals surface area contributed by atoms with E-state index in [0.29, 0.717) is 19.1 Å². The normalized spacial score (nSPS) is 14.0. The molecule has 1 amide bonds. The molecule has 3 heterocycles. The Balaban J connectivity index is 1.28. The van der Waals surface area contributed by atoms with Gasteiger partial charge >= 0.3 is 5.88 Å². The summed E-state index contributed by atoms with van der Waals surface area (Å²) in [5.74, 6) is 1.16. The maximum atomic E-state index is 12.2. The average molecular weight is 435 g/mol. The zero-order valence-electron chi connectivity index (χ0n) is 15.7. The van der Waals surface area contributed by atoms with E-state index in [-0.39, 0.29) is 11.7 Å². The number of anilines is 1. The second-order valence-electron chi connectivity index (χ2n) is 6.12. The lowest BCUT2D eigenvalue weighted by atomic mass is 10.2. The summed E-state index contributed by atoms with van der Waals surface area (Å²) in [6.07, 6.45) is 1.65. The van der Waals surface area contributed by atoms with Crippen molar-refractivity contribution in [2.75, 3.05) is 49.5 Å². The first kappa shape index (κ1) is 19.7. The number of methoxy groups -OCH3 is 1. The summed E-state index contributed by atoms with van der Waals surface area (Å²) in [6.45, 7) is 2.73. The number of thioether (sulfide) groups is 1. The molecule has 152 valence electrons. The van der Waals surface area contributed by atoms with E-state index in [0.717, 1.165) is 34.4 Å². The third-order valence-electron chi connectivity index (χ3n) is 4.19. The highest BCUT2D eigenvalue weighted by Gasteiger charge is 2.23. The van der Waals surface area contributed by atoms with Gasteiger partial charge in [0.1, 0.15) is 5.75 Å². The molecule has 1 aliphatic heterocycles. The molecule has 1 aromatic carbocycles. The molecule has 0 spiro atoms. The van der Waals surface area contributed by atoms with Crippen LogP contribution in [0.15, 0.2) is 44.7 Å². The Morgan fingerprint density at radius 1 is 1.34 bits per heavy atom.